The molecule has 0 saturated carbocycles. The lowest BCUT2D eigenvalue weighted by Crippen LogP contribution is -2.21. The van der Waals surface area contributed by atoms with Gasteiger partial charge in [-0.05, 0) is 6.07 Å². The smallest absolute Gasteiger partial charge is 0.294 e. The Bertz CT molecular complexity index is 595. The molecule has 1 aromatic rings. The van der Waals surface area contributed by atoms with Crippen molar-refractivity contribution in [3.05, 3.63) is 34.1 Å². The highest BCUT2D eigenvalue weighted by Crippen LogP contribution is 2.08. The van der Waals surface area contributed by atoms with Crippen LogP contribution in [0.25, 0.3) is 0 Å². The summed E-state index contributed by atoms with van der Waals surface area (Å²) in [4.78, 5) is 33.0. The molecule has 0 atom stereocenters. The number of anilines is 1. The number of hydrogen-bond acceptors (Lipinski definition) is 7. The summed E-state index contributed by atoms with van der Waals surface area (Å²) in [5.41, 5.74) is 0.887. The van der Waals surface area contributed by atoms with E-state index < -0.39 is 5.09 Å². The maximum Gasteiger partial charge on any atom is 0.294 e. The molecule has 0 unspecified atom stereocenters. The quantitative estimate of drug-likeness (QED) is 0.143. The molecule has 1 heterocycles. The van der Waals surface area contributed by atoms with Crippen molar-refractivity contribution in [3.8, 4) is 6.19 Å². The van der Waals surface area contributed by atoms with Crippen molar-refractivity contribution in [2.45, 2.75) is 6.92 Å². The van der Waals surface area contributed by atoms with Gasteiger partial charge in [-0.15, -0.1) is 10.1 Å². The molecule has 10 nitrogen and oxygen atoms in total. The monoisotopic (exact) mass is 292 g/mol. The van der Waals surface area contributed by atoms with Crippen LogP contribution in [0.2, 0.25) is 0 Å². The van der Waals surface area contributed by atoms with Crippen LogP contribution in [-0.2, 0) is 9.63 Å². The molecule has 0 bridgehead atoms. The lowest BCUT2D eigenvalue weighted by Gasteiger charge is -2.07. The first-order valence-corrected chi connectivity index (χ1v) is 5.73. The zero-order valence-corrected chi connectivity index (χ0v) is 11.1. The fourth-order valence-corrected chi connectivity index (χ4v) is 1.37. The Hall–Kier alpha value is -3.22. The molecule has 10 heteroatoms. The first-order valence-electron chi connectivity index (χ1n) is 5.73. The number of aliphatic imine (C=N–C) groups is 1. The Labute approximate surface area is 119 Å². The van der Waals surface area contributed by atoms with Crippen LogP contribution in [0.5, 0.6) is 0 Å². The molecule has 0 aromatic carbocycles. The van der Waals surface area contributed by atoms with Gasteiger partial charge in [0.15, 0.2) is 6.19 Å². The third-order valence-electron chi connectivity index (χ3n) is 2.06. The number of carbonyl (C=O) groups excluding carboxylic acids is 1. The number of nitriles is 1. The fourth-order valence-electron chi connectivity index (χ4n) is 1.37. The van der Waals surface area contributed by atoms with E-state index in [1.165, 1.54) is 19.3 Å². The summed E-state index contributed by atoms with van der Waals surface area (Å²) >= 11 is 0. The van der Waals surface area contributed by atoms with Crippen LogP contribution >= 0.6 is 0 Å². The number of carbonyl (C=O) groups is 1. The van der Waals surface area contributed by atoms with Crippen molar-refractivity contribution in [3.63, 3.8) is 0 Å². The van der Waals surface area contributed by atoms with Crippen molar-refractivity contribution >= 4 is 17.4 Å². The van der Waals surface area contributed by atoms with Crippen LogP contribution in [0.1, 0.15) is 12.5 Å². The summed E-state index contributed by atoms with van der Waals surface area (Å²) in [6.45, 7) is 1.10. The van der Waals surface area contributed by atoms with Gasteiger partial charge >= 0.3 is 0 Å². The fraction of sp³-hybridized carbons (Fsp3) is 0.273. The van der Waals surface area contributed by atoms with E-state index in [2.05, 4.69) is 25.4 Å². The highest BCUT2D eigenvalue weighted by atomic mass is 16.9. The van der Waals surface area contributed by atoms with Crippen LogP contribution in [0.15, 0.2) is 23.5 Å². The van der Waals surface area contributed by atoms with Crippen molar-refractivity contribution in [2.24, 2.45) is 4.99 Å². The second-order valence-corrected chi connectivity index (χ2v) is 3.67. The molecular weight excluding hydrogens is 280 g/mol. The maximum atomic E-state index is 11.0. The minimum Gasteiger partial charge on any atom is -0.325 e. The zero-order chi connectivity index (χ0) is 15.7. The van der Waals surface area contributed by atoms with Crippen molar-refractivity contribution in [1.82, 2.24) is 10.3 Å². The third-order valence-corrected chi connectivity index (χ3v) is 2.06. The number of nitrogens with one attached hydrogen (secondary N) is 2. The van der Waals surface area contributed by atoms with E-state index >= 15 is 0 Å². The average molecular weight is 292 g/mol. The Morgan fingerprint density at radius 2 is 2.38 bits per heavy atom. The van der Waals surface area contributed by atoms with Crippen LogP contribution in [0.4, 0.5) is 5.69 Å². The molecule has 0 radical (unpaired) electrons. The predicted octanol–water partition coefficient (Wildman–Crippen LogP) is 0.0656. The molecule has 0 fully saturated rings. The summed E-state index contributed by atoms with van der Waals surface area (Å²) in [5, 5.41) is 22.7. The predicted molar refractivity (Wildman–Crippen MR) is 71.6 cm³/mol. The second kappa shape index (κ2) is 8.05. The topological polar surface area (TPSA) is 143 Å². The molecule has 1 aromatic heterocycles. The minimum absolute atomic E-state index is 0.0185. The van der Waals surface area contributed by atoms with Crippen molar-refractivity contribution in [1.29, 1.82) is 5.26 Å². The SMILES string of the molecule is CC(=O)Nc1cncc(C(=NCCO[N+](=O)[O-])NC#N)c1. The number of amides is 1. The van der Waals surface area contributed by atoms with Crippen LogP contribution in [0, 0.1) is 21.6 Å². The Morgan fingerprint density at radius 3 is 3.00 bits per heavy atom. The number of pyridine rings is 1. The van der Waals surface area contributed by atoms with E-state index in [1.54, 1.807) is 12.3 Å². The van der Waals surface area contributed by atoms with Crippen LogP contribution in [-0.4, -0.2) is 35.0 Å². The van der Waals surface area contributed by atoms with Gasteiger partial charge in [0.25, 0.3) is 5.09 Å². The molecule has 2 N–H and O–H groups in total. The lowest BCUT2D eigenvalue weighted by atomic mass is 10.2. The molecule has 0 aliphatic carbocycles. The summed E-state index contributed by atoms with van der Waals surface area (Å²) < 4.78 is 0. The first kappa shape index (κ1) is 15.8. The molecule has 1 amide bonds. The highest BCUT2D eigenvalue weighted by Gasteiger charge is 2.06. The molecular formula is C11H12N6O4. The van der Waals surface area contributed by atoms with Gasteiger partial charge in [0, 0.05) is 18.7 Å². The summed E-state index contributed by atoms with van der Waals surface area (Å²) in [7, 11) is 0. The Kier molecular flexibility index (Phi) is 6.07. The van der Waals surface area contributed by atoms with E-state index in [0.717, 1.165) is 0 Å². The van der Waals surface area contributed by atoms with Gasteiger partial charge in [0.05, 0.1) is 18.4 Å². The van der Waals surface area contributed by atoms with Gasteiger partial charge in [-0.25, -0.2) is 0 Å². The van der Waals surface area contributed by atoms with Gasteiger partial charge in [0.1, 0.15) is 12.4 Å². The molecule has 0 spiro atoms. The number of amidine groups is 1. The van der Waals surface area contributed by atoms with E-state index in [0.29, 0.717) is 11.3 Å². The molecule has 110 valence electrons. The maximum absolute atomic E-state index is 11.0. The Morgan fingerprint density at radius 1 is 1.62 bits per heavy atom. The number of hydrogen-bond donors (Lipinski definition) is 2. The summed E-state index contributed by atoms with van der Waals surface area (Å²) in [6, 6.07) is 1.56. The number of aromatic nitrogens is 1. The lowest BCUT2D eigenvalue weighted by molar-refractivity contribution is -0.757. The standard InChI is InChI=1S/C11H12N6O4/c1-8(18)16-10-4-9(5-13-6-10)11(15-7-12)14-2-3-21-17(19)20/h4-6H,2-3H2,1H3,(H,14,15)(H,16,18). The molecule has 0 aliphatic rings. The van der Waals surface area contributed by atoms with Crippen molar-refractivity contribution < 1.29 is 14.7 Å². The van der Waals surface area contributed by atoms with Gasteiger partial charge in [0.2, 0.25) is 5.91 Å². The first-order chi connectivity index (χ1) is 10.0. The van der Waals surface area contributed by atoms with Crippen LogP contribution < -0.4 is 10.6 Å². The zero-order valence-electron chi connectivity index (χ0n) is 11.1. The van der Waals surface area contributed by atoms with Crippen molar-refractivity contribution in [2.75, 3.05) is 18.5 Å². The molecule has 0 aliphatic heterocycles. The second-order valence-electron chi connectivity index (χ2n) is 3.67. The molecule has 21 heavy (non-hydrogen) atoms. The number of nitrogens with zero attached hydrogens (tertiary/aromatic N) is 4. The average Bonchev–Trinajstić information content (AvgIpc) is 2.41. The summed E-state index contributed by atoms with van der Waals surface area (Å²) in [6.07, 6.45) is 4.57. The van der Waals surface area contributed by atoms with Gasteiger partial charge in [-0.1, -0.05) is 0 Å². The van der Waals surface area contributed by atoms with E-state index in [1.807, 2.05) is 0 Å². The normalized spacial score (nSPS) is 10.4. The highest BCUT2D eigenvalue weighted by molar-refractivity contribution is 6.00. The van der Waals surface area contributed by atoms with Gasteiger partial charge < -0.3 is 10.2 Å². The van der Waals surface area contributed by atoms with Gasteiger partial charge in [-0.3, -0.25) is 20.1 Å². The van der Waals surface area contributed by atoms with E-state index in [4.69, 9.17) is 5.26 Å². The van der Waals surface area contributed by atoms with Crippen LogP contribution in [0.3, 0.4) is 0 Å². The Balaban J connectivity index is 2.84. The van der Waals surface area contributed by atoms with E-state index in [9.17, 15) is 14.9 Å². The molecule has 0 saturated heterocycles. The number of rotatable bonds is 6. The third kappa shape index (κ3) is 5.97. The van der Waals surface area contributed by atoms with E-state index in [-0.39, 0.29) is 24.9 Å². The molecule has 1 rings (SSSR count). The van der Waals surface area contributed by atoms with Gasteiger partial charge in [-0.2, -0.15) is 5.26 Å². The summed E-state index contributed by atoms with van der Waals surface area (Å²) in [5.74, 6) is -0.0933. The minimum atomic E-state index is -0.925. The largest absolute Gasteiger partial charge is 0.325 e.